The zero-order valence-corrected chi connectivity index (χ0v) is 24.8. The molecule has 0 aliphatic carbocycles. The van der Waals surface area contributed by atoms with Crippen LogP contribution >= 0.6 is 11.6 Å². The monoisotopic (exact) mass is 599 g/mol. The zero-order chi connectivity index (χ0) is 29.6. The summed E-state index contributed by atoms with van der Waals surface area (Å²) in [4.78, 5) is 29.2. The number of benzene rings is 3. The smallest absolute Gasteiger partial charge is 0.244 e. The average Bonchev–Trinajstić information content (AvgIpc) is 3.40. The van der Waals surface area contributed by atoms with Gasteiger partial charge < -0.3 is 19.7 Å². The first kappa shape index (κ1) is 30.2. The van der Waals surface area contributed by atoms with Crippen molar-refractivity contribution in [3.8, 4) is 11.5 Å². The molecule has 9 nitrogen and oxygen atoms in total. The Labute approximate surface area is 246 Å². The lowest BCUT2D eigenvalue weighted by atomic mass is 10.0. The molecule has 2 amide bonds. The first-order valence-electron chi connectivity index (χ1n) is 13.2. The summed E-state index contributed by atoms with van der Waals surface area (Å²) >= 11 is 6.24. The van der Waals surface area contributed by atoms with Crippen LogP contribution in [0.2, 0.25) is 5.02 Å². The maximum absolute atomic E-state index is 14.1. The van der Waals surface area contributed by atoms with Gasteiger partial charge >= 0.3 is 0 Å². The third-order valence-electron chi connectivity index (χ3n) is 6.52. The minimum Gasteiger partial charge on any atom is -0.454 e. The van der Waals surface area contributed by atoms with E-state index in [0.29, 0.717) is 28.6 Å². The maximum Gasteiger partial charge on any atom is 0.244 e. The summed E-state index contributed by atoms with van der Waals surface area (Å²) in [6.45, 7) is 3.94. The Morgan fingerprint density at radius 2 is 1.66 bits per heavy atom. The zero-order valence-electron chi connectivity index (χ0n) is 23.2. The second kappa shape index (κ2) is 13.3. The molecule has 1 N–H and O–H groups in total. The van der Waals surface area contributed by atoms with Crippen LogP contribution in [0.25, 0.3) is 0 Å². The van der Waals surface area contributed by atoms with E-state index in [1.54, 1.807) is 30.3 Å². The van der Waals surface area contributed by atoms with Crippen LogP contribution in [0.3, 0.4) is 0 Å². The van der Waals surface area contributed by atoms with E-state index in [0.717, 1.165) is 16.1 Å². The molecule has 41 heavy (non-hydrogen) atoms. The van der Waals surface area contributed by atoms with E-state index in [-0.39, 0.29) is 37.3 Å². The Bertz CT molecular complexity index is 1480. The topological polar surface area (TPSA) is 105 Å². The Hall–Kier alpha value is -3.76. The van der Waals surface area contributed by atoms with Gasteiger partial charge in [-0.05, 0) is 41.3 Å². The van der Waals surface area contributed by atoms with Gasteiger partial charge in [0, 0.05) is 30.6 Å². The number of rotatable bonds is 12. The molecule has 11 heteroatoms. The summed E-state index contributed by atoms with van der Waals surface area (Å²) in [7, 11) is -3.90. The van der Waals surface area contributed by atoms with E-state index in [2.05, 4.69) is 5.32 Å². The molecule has 0 bridgehead atoms. The normalized spacial score (nSPS) is 13.1. The van der Waals surface area contributed by atoms with Crippen LogP contribution in [0.1, 0.15) is 25.0 Å². The summed E-state index contributed by atoms with van der Waals surface area (Å²) in [5.41, 5.74) is 1.81. The quantitative estimate of drug-likeness (QED) is 0.334. The van der Waals surface area contributed by atoms with Gasteiger partial charge in [-0.1, -0.05) is 67.9 Å². The molecule has 0 saturated heterocycles. The van der Waals surface area contributed by atoms with Crippen molar-refractivity contribution in [3.63, 3.8) is 0 Å². The molecule has 0 fully saturated rings. The van der Waals surface area contributed by atoms with Crippen LogP contribution in [0, 0.1) is 5.92 Å². The first-order chi connectivity index (χ1) is 19.5. The molecule has 0 aromatic heterocycles. The number of anilines is 1. The summed E-state index contributed by atoms with van der Waals surface area (Å²) in [5.74, 6) is 0.191. The standard InChI is InChI=1S/C30H34ClN3O6S/c1-21(2)17-32-30(36)26(15-22-8-5-4-6-9-22)33(18-23-10-7-11-24(31)14-23)29(35)19-34(41(3,37)38)25-12-13-27-28(16-25)40-20-39-27/h4-14,16,21,26H,15,17-20H2,1-3H3,(H,32,36). The number of nitrogens with zero attached hydrogens (tertiary/aromatic N) is 2. The van der Waals surface area contributed by atoms with Gasteiger partial charge in [-0.2, -0.15) is 0 Å². The average molecular weight is 600 g/mol. The molecule has 0 spiro atoms. The maximum atomic E-state index is 14.1. The van der Waals surface area contributed by atoms with Gasteiger partial charge in [-0.3, -0.25) is 13.9 Å². The molecule has 3 aromatic rings. The molecular weight excluding hydrogens is 566 g/mol. The van der Waals surface area contributed by atoms with Crippen molar-refractivity contribution in [1.29, 1.82) is 0 Å². The highest BCUT2D eigenvalue weighted by molar-refractivity contribution is 7.92. The molecule has 1 atom stereocenters. The lowest BCUT2D eigenvalue weighted by molar-refractivity contribution is -0.140. The number of carbonyl (C=O) groups excluding carboxylic acids is 2. The van der Waals surface area contributed by atoms with Crippen molar-refractivity contribution < 1.29 is 27.5 Å². The van der Waals surface area contributed by atoms with Crippen LogP contribution < -0.4 is 19.1 Å². The highest BCUT2D eigenvalue weighted by Gasteiger charge is 2.33. The van der Waals surface area contributed by atoms with Crippen LogP contribution in [0.5, 0.6) is 11.5 Å². The second-order valence-electron chi connectivity index (χ2n) is 10.3. The van der Waals surface area contributed by atoms with Gasteiger partial charge in [0.2, 0.25) is 28.6 Å². The number of ether oxygens (including phenoxy) is 2. The number of hydrogen-bond donors (Lipinski definition) is 1. The summed E-state index contributed by atoms with van der Waals surface area (Å²) in [6.07, 6.45) is 1.27. The third kappa shape index (κ3) is 8.14. The summed E-state index contributed by atoms with van der Waals surface area (Å²) < 4.78 is 37.7. The molecule has 1 heterocycles. The van der Waals surface area contributed by atoms with Gasteiger partial charge in [0.15, 0.2) is 11.5 Å². The van der Waals surface area contributed by atoms with E-state index in [9.17, 15) is 18.0 Å². The largest absolute Gasteiger partial charge is 0.454 e. The van der Waals surface area contributed by atoms with Crippen molar-refractivity contribution in [2.45, 2.75) is 32.9 Å². The fraction of sp³-hybridized carbons (Fsp3) is 0.333. The molecule has 1 aliphatic heterocycles. The van der Waals surface area contributed by atoms with Gasteiger partial charge in [0.1, 0.15) is 12.6 Å². The summed E-state index contributed by atoms with van der Waals surface area (Å²) in [5, 5.41) is 3.44. The molecule has 0 radical (unpaired) electrons. The lowest BCUT2D eigenvalue weighted by Gasteiger charge is -2.33. The van der Waals surface area contributed by atoms with Crippen LogP contribution in [-0.4, -0.2) is 57.3 Å². The van der Waals surface area contributed by atoms with Crippen LogP contribution in [-0.2, 0) is 32.6 Å². The van der Waals surface area contributed by atoms with Crippen molar-refractivity contribution >= 4 is 39.1 Å². The Kier molecular flexibility index (Phi) is 9.77. The minimum absolute atomic E-state index is 0.0245. The van der Waals surface area contributed by atoms with E-state index in [1.165, 1.54) is 11.0 Å². The number of sulfonamides is 1. The number of amides is 2. The van der Waals surface area contributed by atoms with E-state index < -0.39 is 28.5 Å². The highest BCUT2D eigenvalue weighted by atomic mass is 35.5. The molecule has 1 unspecified atom stereocenters. The molecule has 1 aliphatic rings. The number of fused-ring (bicyclic) bond motifs is 1. The van der Waals surface area contributed by atoms with Gasteiger partial charge in [0.05, 0.1) is 11.9 Å². The predicted molar refractivity (Wildman–Crippen MR) is 159 cm³/mol. The molecule has 4 rings (SSSR count). The SMILES string of the molecule is CC(C)CNC(=O)C(Cc1ccccc1)N(Cc1cccc(Cl)c1)C(=O)CN(c1ccc2c(c1)OCO2)S(C)(=O)=O. The lowest BCUT2D eigenvalue weighted by Crippen LogP contribution is -2.53. The number of hydrogen-bond acceptors (Lipinski definition) is 6. The Morgan fingerprint density at radius 3 is 2.34 bits per heavy atom. The highest BCUT2D eigenvalue weighted by Crippen LogP contribution is 2.36. The molecule has 3 aromatic carbocycles. The minimum atomic E-state index is -3.90. The Balaban J connectivity index is 1.72. The fourth-order valence-electron chi connectivity index (χ4n) is 4.46. The van der Waals surface area contributed by atoms with E-state index in [4.69, 9.17) is 21.1 Å². The van der Waals surface area contributed by atoms with Crippen LogP contribution in [0.15, 0.2) is 72.8 Å². The van der Waals surface area contributed by atoms with Crippen molar-refractivity contribution in [3.05, 3.63) is 88.9 Å². The number of halogens is 1. The predicted octanol–water partition coefficient (Wildman–Crippen LogP) is 4.25. The van der Waals surface area contributed by atoms with E-state index in [1.807, 2.05) is 50.2 Å². The summed E-state index contributed by atoms with van der Waals surface area (Å²) in [6, 6.07) is 20.2. The molecule has 218 valence electrons. The Morgan fingerprint density at radius 1 is 0.951 bits per heavy atom. The fourth-order valence-corrected chi connectivity index (χ4v) is 5.52. The van der Waals surface area contributed by atoms with Crippen molar-refractivity contribution in [1.82, 2.24) is 10.2 Å². The van der Waals surface area contributed by atoms with Gasteiger partial charge in [-0.25, -0.2) is 8.42 Å². The van der Waals surface area contributed by atoms with Gasteiger partial charge in [0.25, 0.3) is 0 Å². The van der Waals surface area contributed by atoms with Crippen molar-refractivity contribution in [2.75, 3.05) is 30.4 Å². The van der Waals surface area contributed by atoms with Gasteiger partial charge in [-0.15, -0.1) is 0 Å². The van der Waals surface area contributed by atoms with Crippen LogP contribution in [0.4, 0.5) is 5.69 Å². The first-order valence-corrected chi connectivity index (χ1v) is 15.5. The molecule has 0 saturated carbocycles. The third-order valence-corrected chi connectivity index (χ3v) is 7.90. The molecular formula is C30H34ClN3O6S. The van der Waals surface area contributed by atoms with Crippen molar-refractivity contribution in [2.24, 2.45) is 5.92 Å². The number of nitrogens with one attached hydrogen (secondary N) is 1. The number of carbonyl (C=O) groups is 2. The van der Waals surface area contributed by atoms with E-state index >= 15 is 0 Å². The second-order valence-corrected chi connectivity index (χ2v) is 12.6.